The second-order valence-corrected chi connectivity index (χ2v) is 5.36. The molecular weight excluding hydrogens is 369 g/mol. The van der Waals surface area contributed by atoms with Crippen LogP contribution in [0.1, 0.15) is 17.3 Å². The van der Waals surface area contributed by atoms with E-state index in [0.717, 1.165) is 0 Å². The minimum Gasteiger partial charge on any atom is -0.462 e. The lowest BCUT2D eigenvalue weighted by Crippen LogP contribution is -2.19. The quantitative estimate of drug-likeness (QED) is 0.582. The third kappa shape index (κ3) is 6.25. The number of benzene rings is 2. The molecule has 0 aliphatic rings. The molecule has 0 aliphatic heterocycles. The molecule has 2 aromatic carbocycles. The van der Waals surface area contributed by atoms with E-state index < -0.39 is 12.3 Å². The molecule has 0 heterocycles. The van der Waals surface area contributed by atoms with Gasteiger partial charge >= 0.3 is 12.3 Å². The lowest BCUT2D eigenvalue weighted by atomic mass is 10.2. The van der Waals surface area contributed by atoms with E-state index in [2.05, 4.69) is 15.4 Å². The molecule has 5 nitrogen and oxygen atoms in total. The van der Waals surface area contributed by atoms with Gasteiger partial charge in [-0.15, -0.1) is 13.2 Å². The number of esters is 1. The maximum absolute atomic E-state index is 12.1. The number of rotatable bonds is 5. The summed E-state index contributed by atoms with van der Waals surface area (Å²) in [7, 11) is 0. The van der Waals surface area contributed by atoms with Crippen LogP contribution in [0.4, 0.5) is 24.5 Å². The number of anilines is 2. The number of alkyl halides is 3. The summed E-state index contributed by atoms with van der Waals surface area (Å²) in [5.74, 6) is -0.778. The first-order valence-electron chi connectivity index (χ1n) is 7.48. The Hall–Kier alpha value is -2.81. The summed E-state index contributed by atoms with van der Waals surface area (Å²) in [5.41, 5.74) is 1.40. The number of ether oxygens (including phenoxy) is 2. The SMILES string of the molecule is CCOC(=O)c1cccc(NC(=S)Nc2ccc(OC(F)(F)F)cc2)c1. The van der Waals surface area contributed by atoms with E-state index in [4.69, 9.17) is 17.0 Å². The normalized spacial score (nSPS) is 10.8. The molecule has 2 aromatic rings. The van der Waals surface area contributed by atoms with E-state index in [0.29, 0.717) is 16.9 Å². The van der Waals surface area contributed by atoms with Crippen LogP contribution in [-0.4, -0.2) is 24.1 Å². The fraction of sp³-hybridized carbons (Fsp3) is 0.176. The van der Waals surface area contributed by atoms with Crippen LogP contribution in [0.15, 0.2) is 48.5 Å². The van der Waals surface area contributed by atoms with Crippen molar-refractivity contribution in [1.29, 1.82) is 0 Å². The Bertz CT molecular complexity index is 780. The number of halogens is 3. The number of hydrogen-bond donors (Lipinski definition) is 2. The van der Waals surface area contributed by atoms with Crippen molar-refractivity contribution in [3.8, 4) is 5.75 Å². The van der Waals surface area contributed by atoms with Crippen LogP contribution in [0.2, 0.25) is 0 Å². The molecule has 0 aromatic heterocycles. The molecule has 138 valence electrons. The highest BCUT2D eigenvalue weighted by Gasteiger charge is 2.30. The molecule has 0 unspecified atom stereocenters. The smallest absolute Gasteiger partial charge is 0.462 e. The summed E-state index contributed by atoms with van der Waals surface area (Å²) >= 11 is 5.15. The summed E-state index contributed by atoms with van der Waals surface area (Å²) < 4.78 is 45.1. The summed E-state index contributed by atoms with van der Waals surface area (Å²) in [5, 5.41) is 5.91. The molecule has 2 N–H and O–H groups in total. The Balaban J connectivity index is 1.96. The molecule has 2 rings (SSSR count). The van der Waals surface area contributed by atoms with Crippen molar-refractivity contribution in [3.63, 3.8) is 0 Å². The monoisotopic (exact) mass is 384 g/mol. The van der Waals surface area contributed by atoms with Crippen molar-refractivity contribution in [2.75, 3.05) is 17.2 Å². The van der Waals surface area contributed by atoms with Gasteiger partial charge in [-0.25, -0.2) is 4.79 Å². The van der Waals surface area contributed by atoms with Crippen molar-refractivity contribution in [2.24, 2.45) is 0 Å². The second kappa shape index (κ2) is 8.52. The van der Waals surface area contributed by atoms with Gasteiger partial charge in [0.2, 0.25) is 0 Å². The van der Waals surface area contributed by atoms with Crippen molar-refractivity contribution < 1.29 is 27.4 Å². The molecule has 26 heavy (non-hydrogen) atoms. The molecule has 0 spiro atoms. The minimum atomic E-state index is -4.74. The lowest BCUT2D eigenvalue weighted by Gasteiger charge is -2.12. The average Bonchev–Trinajstić information content (AvgIpc) is 2.56. The van der Waals surface area contributed by atoms with Crippen LogP contribution in [0.3, 0.4) is 0 Å². The number of nitrogens with one attached hydrogen (secondary N) is 2. The van der Waals surface area contributed by atoms with Gasteiger partial charge in [0.05, 0.1) is 12.2 Å². The Morgan fingerprint density at radius 3 is 2.35 bits per heavy atom. The molecule has 0 bridgehead atoms. The van der Waals surface area contributed by atoms with Gasteiger partial charge < -0.3 is 20.1 Å². The van der Waals surface area contributed by atoms with E-state index in [-0.39, 0.29) is 17.5 Å². The molecule has 0 fully saturated rings. The number of hydrogen-bond acceptors (Lipinski definition) is 4. The largest absolute Gasteiger partial charge is 0.573 e. The molecular formula is C17H15F3N2O3S. The Kier molecular flexibility index (Phi) is 6.40. The van der Waals surface area contributed by atoms with Gasteiger partial charge in [-0.05, 0) is 61.6 Å². The maximum atomic E-state index is 12.1. The van der Waals surface area contributed by atoms with Crippen molar-refractivity contribution in [1.82, 2.24) is 0 Å². The topological polar surface area (TPSA) is 59.6 Å². The van der Waals surface area contributed by atoms with Crippen molar-refractivity contribution in [3.05, 3.63) is 54.1 Å². The van der Waals surface area contributed by atoms with Crippen LogP contribution in [0.5, 0.6) is 5.75 Å². The Morgan fingerprint density at radius 1 is 1.08 bits per heavy atom. The van der Waals surface area contributed by atoms with Gasteiger partial charge in [0.25, 0.3) is 0 Å². The third-order valence-corrected chi connectivity index (χ3v) is 3.18. The second-order valence-electron chi connectivity index (χ2n) is 4.95. The summed E-state index contributed by atoms with van der Waals surface area (Å²) in [4.78, 5) is 11.7. The van der Waals surface area contributed by atoms with E-state index in [9.17, 15) is 18.0 Å². The molecule has 0 amide bonds. The number of thiocarbonyl (C=S) groups is 1. The van der Waals surface area contributed by atoms with Gasteiger partial charge in [0, 0.05) is 11.4 Å². The molecule has 9 heteroatoms. The first-order valence-corrected chi connectivity index (χ1v) is 7.88. The summed E-state index contributed by atoms with van der Waals surface area (Å²) in [6.45, 7) is 1.98. The molecule has 0 atom stereocenters. The summed E-state index contributed by atoms with van der Waals surface area (Å²) in [6.07, 6.45) is -4.74. The van der Waals surface area contributed by atoms with Crippen LogP contribution in [0.25, 0.3) is 0 Å². The Morgan fingerprint density at radius 2 is 1.73 bits per heavy atom. The minimum absolute atomic E-state index is 0.204. The zero-order chi connectivity index (χ0) is 19.2. The van der Waals surface area contributed by atoms with Crippen LogP contribution < -0.4 is 15.4 Å². The van der Waals surface area contributed by atoms with E-state index in [1.54, 1.807) is 31.2 Å². The van der Waals surface area contributed by atoms with Crippen molar-refractivity contribution in [2.45, 2.75) is 13.3 Å². The number of carbonyl (C=O) groups excluding carboxylic acids is 1. The van der Waals surface area contributed by atoms with Crippen LogP contribution in [0, 0.1) is 0 Å². The third-order valence-electron chi connectivity index (χ3n) is 2.98. The van der Waals surface area contributed by atoms with E-state index >= 15 is 0 Å². The predicted molar refractivity (Wildman–Crippen MR) is 95.4 cm³/mol. The highest BCUT2D eigenvalue weighted by Crippen LogP contribution is 2.24. The van der Waals surface area contributed by atoms with Crippen molar-refractivity contribution >= 4 is 34.7 Å². The van der Waals surface area contributed by atoms with Gasteiger partial charge in [-0.1, -0.05) is 6.07 Å². The fourth-order valence-electron chi connectivity index (χ4n) is 1.97. The predicted octanol–water partition coefficient (Wildman–Crippen LogP) is 4.57. The average molecular weight is 384 g/mol. The summed E-state index contributed by atoms with van der Waals surface area (Å²) in [6, 6.07) is 11.7. The van der Waals surface area contributed by atoms with E-state index in [1.165, 1.54) is 24.3 Å². The van der Waals surface area contributed by atoms with Gasteiger partial charge in [0.15, 0.2) is 5.11 Å². The molecule has 0 saturated heterocycles. The lowest BCUT2D eigenvalue weighted by molar-refractivity contribution is -0.274. The maximum Gasteiger partial charge on any atom is 0.573 e. The van der Waals surface area contributed by atoms with Gasteiger partial charge in [-0.2, -0.15) is 0 Å². The molecule has 0 radical (unpaired) electrons. The van der Waals surface area contributed by atoms with Gasteiger partial charge in [-0.3, -0.25) is 0 Å². The highest BCUT2D eigenvalue weighted by atomic mass is 32.1. The highest BCUT2D eigenvalue weighted by molar-refractivity contribution is 7.80. The van der Waals surface area contributed by atoms with E-state index in [1.807, 2.05) is 0 Å². The van der Waals surface area contributed by atoms with Crippen LogP contribution >= 0.6 is 12.2 Å². The van der Waals surface area contributed by atoms with Gasteiger partial charge in [0.1, 0.15) is 5.75 Å². The first-order chi connectivity index (χ1) is 12.3. The fourth-order valence-corrected chi connectivity index (χ4v) is 2.21. The standard InChI is InChI=1S/C17H15F3N2O3S/c1-2-24-15(23)11-4-3-5-13(10-11)22-16(26)21-12-6-8-14(9-7-12)25-17(18,19)20/h3-10H,2H2,1H3,(H2,21,22,26). The molecule has 0 saturated carbocycles. The number of carbonyl (C=O) groups is 1. The zero-order valence-electron chi connectivity index (χ0n) is 13.6. The molecule has 0 aliphatic carbocycles. The Labute approximate surface area is 153 Å². The van der Waals surface area contributed by atoms with Crippen LogP contribution in [-0.2, 0) is 4.74 Å². The first kappa shape index (κ1) is 19.5. The zero-order valence-corrected chi connectivity index (χ0v) is 14.4.